The van der Waals surface area contributed by atoms with E-state index in [1.165, 1.54) is 0 Å². The number of nitrogens with zero attached hydrogens (tertiary/aromatic N) is 1. The largest absolute Gasteiger partial charge is 0.495 e. The van der Waals surface area contributed by atoms with Crippen LogP contribution in [-0.2, 0) is 0 Å². The Morgan fingerprint density at radius 2 is 2.00 bits per heavy atom. The van der Waals surface area contributed by atoms with Gasteiger partial charge in [-0.3, -0.25) is 0 Å². The molecule has 0 radical (unpaired) electrons. The highest BCUT2D eigenvalue weighted by Crippen LogP contribution is 2.29. The number of ether oxygens (including phenoxy) is 1. The fraction of sp³-hybridized carbons (Fsp3) is 0.214. The first-order valence-corrected chi connectivity index (χ1v) is 6.14. The van der Waals surface area contributed by atoms with Gasteiger partial charge >= 0.3 is 0 Å². The molecule has 0 saturated carbocycles. The minimum absolute atomic E-state index is 0.0491. The van der Waals surface area contributed by atoms with Gasteiger partial charge < -0.3 is 10.1 Å². The lowest BCUT2D eigenvalue weighted by atomic mass is 10.1. The van der Waals surface area contributed by atoms with Crippen molar-refractivity contribution in [1.29, 1.82) is 0 Å². The Kier molecular flexibility index (Phi) is 4.05. The van der Waals surface area contributed by atoms with Crippen molar-refractivity contribution in [3.63, 3.8) is 0 Å². The molecule has 4 heteroatoms. The summed E-state index contributed by atoms with van der Waals surface area (Å²) in [6.07, 6.45) is 1.68. The normalized spacial score (nSPS) is 11.9. The first kappa shape index (κ1) is 12.7. The topological polar surface area (TPSA) is 34.1 Å². The molecule has 3 nitrogen and oxygen atoms in total. The van der Waals surface area contributed by atoms with Crippen LogP contribution in [0.1, 0.15) is 17.9 Å². The minimum Gasteiger partial charge on any atom is -0.495 e. The summed E-state index contributed by atoms with van der Waals surface area (Å²) >= 11 is 6.14. The van der Waals surface area contributed by atoms with Crippen molar-refractivity contribution < 1.29 is 4.74 Å². The molecule has 1 unspecified atom stereocenters. The maximum Gasteiger partial charge on any atom is 0.137 e. The summed E-state index contributed by atoms with van der Waals surface area (Å²) in [4.78, 5) is 4.27. The van der Waals surface area contributed by atoms with Crippen molar-refractivity contribution in [2.45, 2.75) is 12.3 Å². The Morgan fingerprint density at radius 1 is 1.22 bits per heavy atom. The van der Waals surface area contributed by atoms with Crippen LogP contribution in [0, 0.1) is 0 Å². The van der Waals surface area contributed by atoms with Crippen molar-refractivity contribution in [3.8, 4) is 5.75 Å². The Morgan fingerprint density at radius 3 is 2.61 bits per heavy atom. The fourth-order valence-corrected chi connectivity index (χ4v) is 1.86. The molecule has 0 aliphatic rings. The maximum absolute atomic E-state index is 6.14. The zero-order chi connectivity index (χ0) is 13.0. The lowest BCUT2D eigenvalue weighted by Crippen LogP contribution is -1.98. The van der Waals surface area contributed by atoms with Crippen molar-refractivity contribution in [1.82, 2.24) is 4.98 Å². The monoisotopic (exact) mass is 262 g/mol. The molecule has 0 fully saturated rings. The van der Waals surface area contributed by atoms with Gasteiger partial charge in [0.05, 0.1) is 18.7 Å². The molecular weight excluding hydrogens is 248 g/mol. The molecule has 2 aromatic rings. The van der Waals surface area contributed by atoms with Crippen LogP contribution in [0.2, 0.25) is 0 Å². The number of hydrogen-bond donors (Lipinski definition) is 1. The number of aromatic nitrogens is 1. The van der Waals surface area contributed by atoms with E-state index in [2.05, 4.69) is 10.3 Å². The lowest BCUT2D eigenvalue weighted by Gasteiger charge is -2.13. The average molecular weight is 263 g/mol. The highest BCUT2D eigenvalue weighted by molar-refractivity contribution is 6.21. The van der Waals surface area contributed by atoms with E-state index < -0.39 is 0 Å². The van der Waals surface area contributed by atoms with E-state index in [-0.39, 0.29) is 5.38 Å². The van der Waals surface area contributed by atoms with E-state index in [9.17, 15) is 0 Å². The van der Waals surface area contributed by atoms with Gasteiger partial charge in [-0.25, -0.2) is 4.98 Å². The van der Waals surface area contributed by atoms with E-state index in [4.69, 9.17) is 16.3 Å². The Bertz CT molecular complexity index is 511. The molecular formula is C14H15ClN2O. The van der Waals surface area contributed by atoms with Gasteiger partial charge in [-0.2, -0.15) is 0 Å². The molecule has 0 aliphatic heterocycles. The smallest absolute Gasteiger partial charge is 0.137 e. The third kappa shape index (κ3) is 2.93. The number of rotatable bonds is 4. The van der Waals surface area contributed by atoms with Crippen LogP contribution in [-0.4, -0.2) is 12.1 Å². The van der Waals surface area contributed by atoms with E-state index in [0.29, 0.717) is 0 Å². The Hall–Kier alpha value is -1.74. The maximum atomic E-state index is 6.14. The number of para-hydroxylation sites is 1. The summed E-state index contributed by atoms with van der Waals surface area (Å²) in [5.74, 6) is 1.50. The summed E-state index contributed by atoms with van der Waals surface area (Å²) in [6, 6.07) is 11.7. The van der Waals surface area contributed by atoms with Gasteiger partial charge in [0, 0.05) is 5.69 Å². The molecule has 1 heterocycles. The number of pyridine rings is 1. The standard InChI is InChI=1S/C14H15ClN2O/c1-10(15)12-5-3-4-6-13(12)17-14-8-7-11(18-2)9-16-14/h3-10H,1-2H3,(H,16,17). The first-order valence-electron chi connectivity index (χ1n) is 5.71. The van der Waals surface area contributed by atoms with Crippen LogP contribution in [0.25, 0.3) is 0 Å². The molecule has 1 aromatic carbocycles. The lowest BCUT2D eigenvalue weighted by molar-refractivity contribution is 0.413. The Balaban J connectivity index is 2.22. The minimum atomic E-state index is -0.0491. The number of methoxy groups -OCH3 is 1. The van der Waals surface area contributed by atoms with E-state index in [0.717, 1.165) is 22.8 Å². The van der Waals surface area contributed by atoms with Crippen molar-refractivity contribution in [2.24, 2.45) is 0 Å². The number of halogens is 1. The third-order valence-electron chi connectivity index (χ3n) is 2.62. The first-order chi connectivity index (χ1) is 8.70. The molecule has 0 aliphatic carbocycles. The number of alkyl halides is 1. The van der Waals surface area contributed by atoms with Gasteiger partial charge in [0.1, 0.15) is 11.6 Å². The molecule has 1 aromatic heterocycles. The highest BCUT2D eigenvalue weighted by atomic mass is 35.5. The van der Waals surface area contributed by atoms with Gasteiger partial charge in [0.25, 0.3) is 0 Å². The molecule has 0 saturated heterocycles. The second-order valence-electron chi connectivity index (χ2n) is 3.91. The molecule has 18 heavy (non-hydrogen) atoms. The van der Waals surface area contributed by atoms with Crippen LogP contribution in [0.3, 0.4) is 0 Å². The number of nitrogens with one attached hydrogen (secondary N) is 1. The number of anilines is 2. The molecule has 1 N–H and O–H groups in total. The average Bonchev–Trinajstić information content (AvgIpc) is 2.40. The van der Waals surface area contributed by atoms with E-state index in [1.54, 1.807) is 13.3 Å². The zero-order valence-corrected chi connectivity index (χ0v) is 11.1. The summed E-state index contributed by atoms with van der Waals surface area (Å²) in [7, 11) is 1.62. The SMILES string of the molecule is COc1ccc(Nc2ccccc2C(C)Cl)nc1. The van der Waals surface area contributed by atoms with Gasteiger partial charge in [-0.1, -0.05) is 18.2 Å². The van der Waals surface area contributed by atoms with Crippen LogP contribution in [0.4, 0.5) is 11.5 Å². The second kappa shape index (κ2) is 5.74. The molecule has 0 spiro atoms. The summed E-state index contributed by atoms with van der Waals surface area (Å²) < 4.78 is 5.07. The molecule has 0 amide bonds. The van der Waals surface area contributed by atoms with Crippen molar-refractivity contribution >= 4 is 23.1 Å². The summed E-state index contributed by atoms with van der Waals surface area (Å²) in [6.45, 7) is 1.95. The number of benzene rings is 1. The molecule has 2 rings (SSSR count). The molecule has 0 bridgehead atoms. The van der Waals surface area contributed by atoms with Crippen LogP contribution >= 0.6 is 11.6 Å². The van der Waals surface area contributed by atoms with E-state index in [1.807, 2.05) is 43.3 Å². The predicted molar refractivity (Wildman–Crippen MR) is 74.8 cm³/mol. The summed E-state index contributed by atoms with van der Waals surface area (Å²) in [5, 5.41) is 3.20. The molecule has 1 atom stereocenters. The Labute approximate surface area is 112 Å². The molecule has 94 valence electrons. The van der Waals surface area contributed by atoms with Gasteiger partial charge in [-0.15, -0.1) is 11.6 Å². The quantitative estimate of drug-likeness (QED) is 0.841. The van der Waals surface area contributed by atoms with E-state index >= 15 is 0 Å². The van der Waals surface area contributed by atoms with Gasteiger partial charge in [0.2, 0.25) is 0 Å². The fourth-order valence-electron chi connectivity index (χ4n) is 1.67. The second-order valence-corrected chi connectivity index (χ2v) is 4.57. The van der Waals surface area contributed by atoms with Crippen LogP contribution in [0.15, 0.2) is 42.6 Å². The number of hydrogen-bond acceptors (Lipinski definition) is 3. The summed E-state index contributed by atoms with van der Waals surface area (Å²) in [5.41, 5.74) is 2.02. The van der Waals surface area contributed by atoms with Gasteiger partial charge in [0.15, 0.2) is 0 Å². The van der Waals surface area contributed by atoms with Crippen molar-refractivity contribution in [2.75, 3.05) is 12.4 Å². The third-order valence-corrected chi connectivity index (χ3v) is 2.86. The highest BCUT2D eigenvalue weighted by Gasteiger charge is 2.07. The van der Waals surface area contributed by atoms with Crippen molar-refractivity contribution in [3.05, 3.63) is 48.2 Å². The van der Waals surface area contributed by atoms with Crippen LogP contribution in [0.5, 0.6) is 5.75 Å². The zero-order valence-electron chi connectivity index (χ0n) is 10.4. The van der Waals surface area contributed by atoms with Gasteiger partial charge in [-0.05, 0) is 30.7 Å². The predicted octanol–water partition coefficient (Wildman–Crippen LogP) is 4.13. The van der Waals surface area contributed by atoms with Crippen LogP contribution < -0.4 is 10.1 Å².